The van der Waals surface area contributed by atoms with Gasteiger partial charge in [0.25, 0.3) is 0 Å². The van der Waals surface area contributed by atoms with E-state index in [2.05, 4.69) is 5.14 Å². The van der Waals surface area contributed by atoms with Crippen LogP contribution < -0.4 is 5.14 Å². The minimum Gasteiger partial charge on any atom is -0.281 e. The van der Waals surface area contributed by atoms with Crippen LogP contribution in [0.15, 0.2) is 0 Å². The fraction of sp³-hybridized carbons (Fsp3) is 1.00. The predicted molar refractivity (Wildman–Crippen MR) is 68.0 cm³/mol. The Hall–Kier alpha value is -1.41. The fourth-order valence-electron chi connectivity index (χ4n) is 1.31. The van der Waals surface area contributed by atoms with Crippen LogP contribution in [0.4, 0.5) is 74.6 Å². The highest BCUT2D eigenvalue weighted by Gasteiger charge is 2.96. The van der Waals surface area contributed by atoms with Crippen molar-refractivity contribution in [3.05, 3.63) is 0 Å². The SMILES string of the molecule is NS(=O)(=O)O.O=S(=O)(O)C(F)(F)C(F)(F)C(F)(F)C(F)(F)C(F)(F)C(F)(F)C(F)(F)C(F)(F)F. The molecule has 0 radical (unpaired) electrons. The molecule has 0 amide bonds. The maximum Gasteiger partial charge on any atom is 0.460 e. The van der Waals surface area contributed by atoms with Crippen LogP contribution in [0.25, 0.3) is 0 Å². The Morgan fingerprint density at radius 1 is 0.441 bits per heavy atom. The van der Waals surface area contributed by atoms with Gasteiger partial charge in [-0.2, -0.15) is 91.5 Å². The van der Waals surface area contributed by atoms with E-state index in [0.717, 1.165) is 0 Å². The normalized spacial score (nSPS) is 16.1. The molecule has 0 aromatic heterocycles. The number of hydrogen-bond acceptors (Lipinski definition) is 4. The minimum atomic E-state index is -8.89. The lowest BCUT2D eigenvalue weighted by Crippen LogP contribution is -2.74. The molecular weight excluding hydrogens is 593 g/mol. The molecule has 0 atom stereocenters. The smallest absolute Gasteiger partial charge is 0.281 e. The lowest BCUT2D eigenvalue weighted by atomic mass is 9.91. The predicted octanol–water partition coefficient (Wildman–Crippen LogP) is 3.59. The van der Waals surface area contributed by atoms with Gasteiger partial charge >= 0.3 is 67.4 Å². The van der Waals surface area contributed by atoms with Crippen molar-refractivity contribution >= 4 is 20.4 Å². The first-order valence-electron chi connectivity index (χ1n) is 6.43. The molecule has 0 aliphatic heterocycles. The summed E-state index contributed by atoms with van der Waals surface area (Å²) in [6.45, 7) is 0. The van der Waals surface area contributed by atoms with Crippen molar-refractivity contribution < 1.29 is 101 Å². The van der Waals surface area contributed by atoms with Crippen LogP contribution >= 0.6 is 0 Å². The molecule has 0 aromatic carbocycles. The molecule has 0 unspecified atom stereocenters. The Labute approximate surface area is 174 Å². The van der Waals surface area contributed by atoms with Gasteiger partial charge in [-0.1, -0.05) is 0 Å². The van der Waals surface area contributed by atoms with Gasteiger partial charge in [-0.25, -0.2) is 5.14 Å². The van der Waals surface area contributed by atoms with E-state index < -0.39 is 67.4 Å². The highest BCUT2D eigenvalue weighted by Crippen LogP contribution is 2.64. The van der Waals surface area contributed by atoms with E-state index in [1.807, 2.05) is 0 Å². The van der Waals surface area contributed by atoms with Gasteiger partial charge in [-0.05, 0) is 0 Å². The highest BCUT2D eigenvalue weighted by molar-refractivity contribution is 7.87. The van der Waals surface area contributed by atoms with Gasteiger partial charge in [0.1, 0.15) is 0 Å². The highest BCUT2D eigenvalue weighted by atomic mass is 32.2. The number of hydrogen-bond donors (Lipinski definition) is 3. The zero-order valence-electron chi connectivity index (χ0n) is 14.3. The summed E-state index contributed by atoms with van der Waals surface area (Å²) in [5, 5.41) is -3.96. The Bertz CT molecular complexity index is 945. The minimum absolute atomic E-state index is 3.88. The van der Waals surface area contributed by atoms with Crippen molar-refractivity contribution in [3.8, 4) is 0 Å². The zero-order valence-corrected chi connectivity index (χ0v) is 16.0. The summed E-state index contributed by atoms with van der Waals surface area (Å²) in [6, 6.07) is 0. The quantitative estimate of drug-likeness (QED) is 0.304. The van der Waals surface area contributed by atoms with E-state index in [4.69, 9.17) is 17.5 Å². The number of rotatable bonds is 7. The van der Waals surface area contributed by atoms with E-state index >= 15 is 0 Å². The molecule has 0 spiro atoms. The summed E-state index contributed by atoms with van der Waals surface area (Å²) in [6.07, 6.45) is -7.88. The second-order valence-corrected chi connectivity index (χ2v) is 7.94. The first kappa shape index (κ1) is 34.8. The van der Waals surface area contributed by atoms with Crippen molar-refractivity contribution in [2.75, 3.05) is 0 Å². The molecule has 0 aromatic rings. The molecule has 26 heteroatoms. The van der Waals surface area contributed by atoms with Gasteiger partial charge in [-0.15, -0.1) is 0 Å². The largest absolute Gasteiger partial charge is 0.460 e. The lowest BCUT2D eigenvalue weighted by Gasteiger charge is -2.42. The summed E-state index contributed by atoms with van der Waals surface area (Å²) in [7, 11) is -12.1. The van der Waals surface area contributed by atoms with Gasteiger partial charge in [0.05, 0.1) is 0 Å². The van der Waals surface area contributed by atoms with Crippen LogP contribution in [0.3, 0.4) is 0 Å². The van der Waals surface area contributed by atoms with Crippen molar-refractivity contribution in [2.24, 2.45) is 5.14 Å². The molecule has 0 heterocycles. The Morgan fingerprint density at radius 2 is 0.618 bits per heavy atom. The Morgan fingerprint density at radius 3 is 0.794 bits per heavy atom. The third kappa shape index (κ3) is 5.38. The van der Waals surface area contributed by atoms with Gasteiger partial charge in [0.2, 0.25) is 0 Å². The summed E-state index contributed by atoms with van der Waals surface area (Å²) in [5.41, 5.74) is 0. The van der Waals surface area contributed by atoms with Crippen LogP contribution in [0.2, 0.25) is 0 Å². The molecular formula is C8H4F17NO6S2. The second-order valence-electron chi connectivity index (χ2n) is 5.45. The van der Waals surface area contributed by atoms with Gasteiger partial charge in [0.15, 0.2) is 0 Å². The molecule has 0 rings (SSSR count). The van der Waals surface area contributed by atoms with Crippen LogP contribution in [0.5, 0.6) is 0 Å². The summed E-state index contributed by atoms with van der Waals surface area (Å²) >= 11 is 0. The van der Waals surface area contributed by atoms with Gasteiger partial charge in [0, 0.05) is 0 Å². The molecule has 0 bridgehead atoms. The molecule has 34 heavy (non-hydrogen) atoms. The first-order valence-corrected chi connectivity index (χ1v) is 9.38. The van der Waals surface area contributed by atoms with E-state index in [-0.39, 0.29) is 0 Å². The Balaban J connectivity index is 0. The first-order chi connectivity index (χ1) is 14.0. The summed E-state index contributed by atoms with van der Waals surface area (Å²) in [4.78, 5) is 0. The van der Waals surface area contributed by atoms with Crippen molar-refractivity contribution in [1.82, 2.24) is 0 Å². The van der Waals surface area contributed by atoms with Crippen molar-refractivity contribution in [2.45, 2.75) is 47.0 Å². The van der Waals surface area contributed by atoms with Crippen LogP contribution in [0.1, 0.15) is 0 Å². The Kier molecular flexibility index (Phi) is 8.80. The maximum atomic E-state index is 13.0. The molecule has 0 aliphatic carbocycles. The summed E-state index contributed by atoms with van der Waals surface area (Å²) < 4.78 is 268. The second kappa shape index (κ2) is 8.61. The third-order valence-electron chi connectivity index (χ3n) is 3.02. The van der Waals surface area contributed by atoms with E-state index in [9.17, 15) is 83.1 Å². The zero-order chi connectivity index (χ0) is 29.0. The van der Waals surface area contributed by atoms with Crippen LogP contribution in [-0.2, 0) is 20.4 Å². The van der Waals surface area contributed by atoms with E-state index in [1.165, 1.54) is 0 Å². The monoisotopic (exact) mass is 597 g/mol. The number of nitrogens with two attached hydrogens (primary N) is 1. The maximum absolute atomic E-state index is 13.0. The number of alkyl halides is 17. The van der Waals surface area contributed by atoms with Crippen molar-refractivity contribution in [1.29, 1.82) is 0 Å². The molecule has 208 valence electrons. The molecule has 7 nitrogen and oxygen atoms in total. The topological polar surface area (TPSA) is 135 Å². The molecule has 0 saturated carbocycles. The van der Waals surface area contributed by atoms with Gasteiger partial charge < -0.3 is 0 Å². The summed E-state index contributed by atoms with van der Waals surface area (Å²) in [5.74, 6) is -52.0. The van der Waals surface area contributed by atoms with E-state index in [1.54, 1.807) is 0 Å². The molecule has 0 fully saturated rings. The molecule has 0 aliphatic rings. The third-order valence-corrected chi connectivity index (χ3v) is 3.92. The van der Waals surface area contributed by atoms with Crippen molar-refractivity contribution in [3.63, 3.8) is 0 Å². The lowest BCUT2D eigenvalue weighted by molar-refractivity contribution is -0.458. The van der Waals surface area contributed by atoms with Gasteiger partial charge in [-0.3, -0.25) is 9.11 Å². The van der Waals surface area contributed by atoms with Crippen LogP contribution in [-0.4, -0.2) is 72.9 Å². The number of halogens is 17. The van der Waals surface area contributed by atoms with E-state index in [0.29, 0.717) is 0 Å². The standard InChI is InChI=1S/C8HF17O3S.H3NO3S/c9-1(10,3(13,14)5(17,18)7(21,22)23)2(11,12)4(15,16)6(19,20)8(24,25)29(26,27)28;1-5(2,3)4/h(H,26,27,28);(H3,1,2,3,4). The molecule has 0 saturated heterocycles. The molecule has 4 N–H and O–H groups in total. The van der Waals surface area contributed by atoms with Crippen LogP contribution in [0, 0.1) is 0 Å². The average molecular weight is 597 g/mol. The average Bonchev–Trinajstić information content (AvgIpc) is 2.49. The fourth-order valence-corrected chi connectivity index (χ4v) is 1.76.